The Morgan fingerprint density at radius 1 is 1.18 bits per heavy atom. The molecule has 34 heavy (non-hydrogen) atoms. The predicted molar refractivity (Wildman–Crippen MR) is 127 cm³/mol. The predicted octanol–water partition coefficient (Wildman–Crippen LogP) is 3.62. The molecule has 4 rings (SSSR count). The van der Waals surface area contributed by atoms with Crippen molar-refractivity contribution < 1.29 is 19.1 Å². The number of aromatic nitrogens is 2. The molecule has 2 aromatic rings. The van der Waals surface area contributed by atoms with Gasteiger partial charge in [-0.25, -0.2) is 4.79 Å². The molecule has 0 spiro atoms. The molecule has 8 nitrogen and oxygen atoms in total. The second kappa shape index (κ2) is 9.99. The van der Waals surface area contributed by atoms with E-state index in [2.05, 4.69) is 10.4 Å². The first kappa shape index (κ1) is 24.0. The van der Waals surface area contributed by atoms with E-state index in [1.54, 1.807) is 18.7 Å². The molecule has 1 saturated carbocycles. The van der Waals surface area contributed by atoms with Crippen LogP contribution in [0.15, 0.2) is 30.3 Å². The maximum Gasteiger partial charge on any atom is 0.358 e. The molecular weight excluding hydrogens is 432 g/mol. The molecule has 8 heteroatoms. The summed E-state index contributed by atoms with van der Waals surface area (Å²) in [5, 5.41) is 7.57. The molecule has 1 aromatic heterocycles. The Morgan fingerprint density at radius 3 is 2.56 bits per heavy atom. The molecule has 0 bridgehead atoms. The van der Waals surface area contributed by atoms with Crippen molar-refractivity contribution in [2.75, 3.05) is 6.61 Å². The van der Waals surface area contributed by atoms with E-state index in [-0.39, 0.29) is 42.4 Å². The molecule has 1 atom stereocenters. The molecule has 1 aromatic carbocycles. The summed E-state index contributed by atoms with van der Waals surface area (Å²) in [6.45, 7) is 6.19. The van der Waals surface area contributed by atoms with Gasteiger partial charge >= 0.3 is 5.97 Å². The molecule has 2 aliphatic rings. The van der Waals surface area contributed by atoms with E-state index in [0.717, 1.165) is 36.8 Å². The monoisotopic (exact) mass is 466 g/mol. The molecule has 182 valence electrons. The molecule has 2 amide bonds. The number of hydrogen-bond donors (Lipinski definition) is 1. The summed E-state index contributed by atoms with van der Waals surface area (Å²) in [6, 6.07) is 9.43. The topological polar surface area (TPSA) is 93.5 Å². The fourth-order valence-corrected chi connectivity index (χ4v) is 4.92. The van der Waals surface area contributed by atoms with Crippen LogP contribution in [-0.4, -0.2) is 50.7 Å². The third kappa shape index (κ3) is 4.72. The maximum absolute atomic E-state index is 13.7. The number of esters is 1. The maximum atomic E-state index is 13.7. The highest BCUT2D eigenvalue weighted by molar-refractivity contribution is 6.01. The first-order valence-corrected chi connectivity index (χ1v) is 12.3. The van der Waals surface area contributed by atoms with Crippen molar-refractivity contribution in [2.24, 2.45) is 0 Å². The molecule has 1 fully saturated rings. The largest absolute Gasteiger partial charge is 0.461 e. The van der Waals surface area contributed by atoms with Crippen LogP contribution in [0.5, 0.6) is 0 Å². The zero-order valence-corrected chi connectivity index (χ0v) is 20.3. The lowest BCUT2D eigenvalue weighted by Crippen LogP contribution is -2.64. The average Bonchev–Trinajstić information content (AvgIpc) is 3.07. The quantitative estimate of drug-likeness (QED) is 0.518. The lowest BCUT2D eigenvalue weighted by molar-refractivity contribution is -0.134. The minimum absolute atomic E-state index is 0.0782. The highest BCUT2D eigenvalue weighted by Crippen LogP contribution is 2.31. The van der Waals surface area contributed by atoms with Gasteiger partial charge in [0.05, 0.1) is 13.2 Å². The van der Waals surface area contributed by atoms with Gasteiger partial charge in [-0.2, -0.15) is 5.10 Å². The molecule has 1 aliphatic carbocycles. The molecule has 1 N–H and O–H groups in total. The van der Waals surface area contributed by atoms with Gasteiger partial charge in [0, 0.05) is 18.7 Å². The van der Waals surface area contributed by atoms with E-state index >= 15 is 0 Å². The van der Waals surface area contributed by atoms with Crippen LogP contribution in [-0.2, 0) is 22.6 Å². The minimum Gasteiger partial charge on any atom is -0.461 e. The minimum atomic E-state index is -1.16. The van der Waals surface area contributed by atoms with E-state index in [0.29, 0.717) is 6.54 Å². The van der Waals surface area contributed by atoms with E-state index < -0.39 is 11.5 Å². The molecular formula is C26H34N4O4. The van der Waals surface area contributed by atoms with E-state index in [9.17, 15) is 14.4 Å². The van der Waals surface area contributed by atoms with Gasteiger partial charge in [-0.15, -0.1) is 0 Å². The number of rotatable bonds is 6. The molecule has 0 saturated heterocycles. The lowest BCUT2D eigenvalue weighted by Gasteiger charge is -2.44. The number of carbonyl (C=O) groups excluding carboxylic acids is 3. The average molecular weight is 467 g/mol. The molecule has 1 unspecified atom stereocenters. The van der Waals surface area contributed by atoms with Crippen LogP contribution in [0, 0.1) is 6.92 Å². The van der Waals surface area contributed by atoms with Gasteiger partial charge < -0.3 is 15.0 Å². The number of carbonyl (C=O) groups is 3. The van der Waals surface area contributed by atoms with Gasteiger partial charge in [-0.3, -0.25) is 14.3 Å². The second-order valence-corrected chi connectivity index (χ2v) is 9.55. The lowest BCUT2D eigenvalue weighted by atomic mass is 9.92. The number of fused-ring (bicyclic) bond motifs is 1. The van der Waals surface area contributed by atoms with Crippen LogP contribution in [0.25, 0.3) is 0 Å². The van der Waals surface area contributed by atoms with Crippen molar-refractivity contribution in [3.63, 3.8) is 0 Å². The van der Waals surface area contributed by atoms with Crippen LogP contribution < -0.4 is 5.32 Å². The summed E-state index contributed by atoms with van der Waals surface area (Å²) in [6.07, 6.45) is 6.48. The Bertz CT molecular complexity index is 1070. The normalized spacial score (nSPS) is 21.0. The van der Waals surface area contributed by atoms with E-state index in [1.807, 2.05) is 31.2 Å². The van der Waals surface area contributed by atoms with Crippen molar-refractivity contribution >= 4 is 17.8 Å². The number of benzene rings is 1. The molecule has 0 radical (unpaired) electrons. The molecule has 2 heterocycles. The summed E-state index contributed by atoms with van der Waals surface area (Å²) in [5.74, 6) is -1.08. The van der Waals surface area contributed by atoms with Gasteiger partial charge in [0.2, 0.25) is 5.91 Å². The van der Waals surface area contributed by atoms with Gasteiger partial charge in [-0.1, -0.05) is 49.9 Å². The Kier molecular flexibility index (Phi) is 7.05. The Labute approximate surface area is 200 Å². The van der Waals surface area contributed by atoms with Crippen molar-refractivity contribution in [3.8, 4) is 0 Å². The van der Waals surface area contributed by atoms with Crippen molar-refractivity contribution in [1.29, 1.82) is 0 Å². The zero-order valence-electron chi connectivity index (χ0n) is 20.3. The smallest absolute Gasteiger partial charge is 0.358 e. The van der Waals surface area contributed by atoms with Crippen molar-refractivity contribution in [3.05, 3.63) is 52.8 Å². The third-order valence-electron chi connectivity index (χ3n) is 7.05. The van der Waals surface area contributed by atoms with Gasteiger partial charge in [0.25, 0.3) is 5.91 Å². The van der Waals surface area contributed by atoms with E-state index in [4.69, 9.17) is 4.74 Å². The summed E-state index contributed by atoms with van der Waals surface area (Å²) in [5.41, 5.74) is 1.23. The highest BCUT2D eigenvalue weighted by atomic mass is 16.5. The van der Waals surface area contributed by atoms with Crippen molar-refractivity contribution in [2.45, 2.75) is 84.0 Å². The summed E-state index contributed by atoms with van der Waals surface area (Å²) in [4.78, 5) is 41.4. The fraction of sp³-hybridized carbons (Fsp3) is 0.538. The summed E-state index contributed by atoms with van der Waals surface area (Å²) in [7, 11) is 0. The van der Waals surface area contributed by atoms with Crippen LogP contribution in [0.3, 0.4) is 0 Å². The van der Waals surface area contributed by atoms with Crippen LogP contribution >= 0.6 is 0 Å². The Morgan fingerprint density at radius 2 is 1.88 bits per heavy atom. The highest BCUT2D eigenvalue weighted by Gasteiger charge is 2.48. The van der Waals surface area contributed by atoms with E-state index in [1.165, 1.54) is 23.6 Å². The van der Waals surface area contributed by atoms with Crippen LogP contribution in [0.1, 0.15) is 84.5 Å². The number of ether oxygens (including phenoxy) is 1. The van der Waals surface area contributed by atoms with Gasteiger partial charge in [-0.05, 0) is 44.7 Å². The van der Waals surface area contributed by atoms with Gasteiger partial charge in [0.15, 0.2) is 5.69 Å². The fourth-order valence-electron chi connectivity index (χ4n) is 4.92. The summed E-state index contributed by atoms with van der Waals surface area (Å²) >= 11 is 0. The van der Waals surface area contributed by atoms with Crippen LogP contribution in [0.4, 0.5) is 0 Å². The Balaban J connectivity index is 1.69. The number of aryl methyl sites for hydroxylation is 1. The summed E-state index contributed by atoms with van der Waals surface area (Å²) < 4.78 is 6.55. The van der Waals surface area contributed by atoms with Crippen LogP contribution in [0.2, 0.25) is 0 Å². The Hall–Kier alpha value is -3.16. The first-order chi connectivity index (χ1) is 16.3. The standard InChI is InChI=1S/C26H34N4O4/c1-4-34-24(32)21-15-22-23(31)29(16-19-12-10-9-11-18(19)2)26(3,17-30(22)28-21)25(33)27-20-13-7-5-6-8-14-20/h9-12,15,20H,4-8,13-14,16-17H2,1-3H3,(H,27,33). The number of nitrogens with zero attached hydrogens (tertiary/aromatic N) is 3. The number of amides is 2. The van der Waals surface area contributed by atoms with Crippen molar-refractivity contribution in [1.82, 2.24) is 20.0 Å². The number of nitrogens with one attached hydrogen (secondary N) is 1. The number of hydrogen-bond acceptors (Lipinski definition) is 5. The second-order valence-electron chi connectivity index (χ2n) is 9.55. The van der Waals surface area contributed by atoms with Gasteiger partial charge in [0.1, 0.15) is 11.2 Å². The third-order valence-corrected chi connectivity index (χ3v) is 7.05. The SMILES string of the molecule is CCOC(=O)c1cc2n(n1)CC(C)(C(=O)NC1CCCCCC1)N(Cc1ccccc1C)C2=O. The zero-order chi connectivity index (χ0) is 24.3. The first-order valence-electron chi connectivity index (χ1n) is 12.3. The molecule has 1 aliphatic heterocycles.